The Morgan fingerprint density at radius 2 is 2.21 bits per heavy atom. The van der Waals surface area contributed by atoms with E-state index in [-0.39, 0.29) is 27.8 Å². The van der Waals surface area contributed by atoms with Crippen LogP contribution in [-0.2, 0) is 4.79 Å². The van der Waals surface area contributed by atoms with Crippen molar-refractivity contribution in [2.45, 2.75) is 6.92 Å². The van der Waals surface area contributed by atoms with Crippen molar-refractivity contribution in [1.29, 1.82) is 0 Å². The third kappa shape index (κ3) is 2.67. The monoisotopic (exact) mass is 343 g/mol. The zero-order valence-electron chi connectivity index (χ0n) is 12.9. The van der Waals surface area contributed by atoms with Gasteiger partial charge >= 0.3 is 0 Å². The molecule has 1 aliphatic rings. The summed E-state index contributed by atoms with van der Waals surface area (Å²) in [6.45, 7) is 1.31. The smallest absolute Gasteiger partial charge is 0.277 e. The van der Waals surface area contributed by atoms with Crippen LogP contribution in [0.5, 0.6) is 11.6 Å². The Morgan fingerprint density at radius 1 is 1.46 bits per heavy atom. The Bertz CT molecular complexity index is 1080. The van der Waals surface area contributed by atoms with E-state index in [4.69, 9.17) is 17.0 Å². The van der Waals surface area contributed by atoms with E-state index < -0.39 is 5.91 Å². The quantitative estimate of drug-likeness (QED) is 0.625. The summed E-state index contributed by atoms with van der Waals surface area (Å²) in [5.41, 5.74) is 0.339. The number of aromatic amines is 1. The zero-order chi connectivity index (χ0) is 17.4. The fourth-order valence-corrected chi connectivity index (χ4v) is 2.73. The second kappa shape index (κ2) is 5.89. The summed E-state index contributed by atoms with van der Waals surface area (Å²) in [4.78, 5) is 30.4. The molecule has 1 aliphatic heterocycles. The number of carbonyl (C=O) groups excluding carboxylic acids is 2. The molecule has 1 amide bonds. The van der Waals surface area contributed by atoms with Crippen LogP contribution in [0.3, 0.4) is 0 Å². The number of hydrogen-bond donors (Lipinski definition) is 2. The number of hydrogen-bond acceptors (Lipinski definition) is 5. The van der Waals surface area contributed by atoms with E-state index in [1.807, 2.05) is 0 Å². The van der Waals surface area contributed by atoms with Crippen LogP contribution < -0.4 is 15.3 Å². The van der Waals surface area contributed by atoms with Gasteiger partial charge in [-0.1, -0.05) is 0 Å². The molecule has 1 aromatic heterocycles. The summed E-state index contributed by atoms with van der Waals surface area (Å²) in [7, 11) is 1.53. The lowest BCUT2D eigenvalue weighted by Crippen LogP contribution is -2.30. The summed E-state index contributed by atoms with van der Waals surface area (Å²) in [6, 6.07) is 5.18. The maximum atomic E-state index is 12.2. The van der Waals surface area contributed by atoms with E-state index in [2.05, 4.69) is 9.98 Å². The highest BCUT2D eigenvalue weighted by Gasteiger charge is 2.17. The van der Waals surface area contributed by atoms with Gasteiger partial charge in [-0.3, -0.25) is 14.2 Å². The second-order valence-electron chi connectivity index (χ2n) is 5.10. The third-order valence-corrected chi connectivity index (χ3v) is 3.82. The molecule has 7 nitrogen and oxygen atoms in total. The van der Waals surface area contributed by atoms with Crippen molar-refractivity contribution < 1.29 is 19.4 Å². The van der Waals surface area contributed by atoms with Gasteiger partial charge in [-0.15, -0.1) is 0 Å². The largest absolute Gasteiger partial charge is 0.497 e. The SMILES string of the molecule is COc1ccc2c(c1)=NC(=O)C(=Cc1c(O)[nH]c(=S)n1C(C)=O)C=2. The Balaban J connectivity index is 2.19. The molecule has 24 heavy (non-hydrogen) atoms. The molecule has 0 bridgehead atoms. The fraction of sp³-hybridized carbons (Fsp3) is 0.125. The minimum Gasteiger partial charge on any atom is -0.497 e. The number of ether oxygens (including phenoxy) is 1. The maximum Gasteiger partial charge on any atom is 0.277 e. The summed E-state index contributed by atoms with van der Waals surface area (Å²) in [5.74, 6) is -0.560. The minimum absolute atomic E-state index is 0.0529. The van der Waals surface area contributed by atoms with Crippen LogP contribution in [0.1, 0.15) is 17.4 Å². The molecule has 0 saturated carbocycles. The first-order valence-corrected chi connectivity index (χ1v) is 7.37. The number of nitrogens with zero attached hydrogens (tertiary/aromatic N) is 2. The molecule has 1 aromatic carbocycles. The molecule has 3 rings (SSSR count). The number of fused-ring (bicyclic) bond motifs is 1. The predicted molar refractivity (Wildman–Crippen MR) is 88.8 cm³/mol. The summed E-state index contributed by atoms with van der Waals surface area (Å²) in [5, 5.41) is 11.2. The van der Waals surface area contributed by atoms with E-state index in [0.29, 0.717) is 11.1 Å². The molecule has 122 valence electrons. The molecule has 0 atom stereocenters. The lowest BCUT2D eigenvalue weighted by molar-refractivity contribution is -0.114. The third-order valence-electron chi connectivity index (χ3n) is 3.54. The van der Waals surface area contributed by atoms with Crippen molar-refractivity contribution in [1.82, 2.24) is 9.55 Å². The van der Waals surface area contributed by atoms with Gasteiger partial charge in [0.1, 0.15) is 11.4 Å². The Morgan fingerprint density at radius 3 is 2.88 bits per heavy atom. The average molecular weight is 343 g/mol. The van der Waals surface area contributed by atoms with Crippen molar-refractivity contribution in [3.8, 4) is 11.6 Å². The number of amides is 1. The molecule has 0 fully saturated rings. The van der Waals surface area contributed by atoms with Crippen molar-refractivity contribution in [3.63, 3.8) is 0 Å². The molecule has 0 radical (unpaired) electrons. The van der Waals surface area contributed by atoms with Crippen LogP contribution >= 0.6 is 12.2 Å². The predicted octanol–water partition coefficient (Wildman–Crippen LogP) is 0.944. The Hall–Kier alpha value is -3.00. The number of rotatable bonds is 2. The summed E-state index contributed by atoms with van der Waals surface area (Å²) >= 11 is 4.99. The van der Waals surface area contributed by atoms with Crippen LogP contribution in [0.25, 0.3) is 12.2 Å². The molecule has 2 aromatic rings. The van der Waals surface area contributed by atoms with Gasteiger partial charge in [0, 0.05) is 23.8 Å². The van der Waals surface area contributed by atoms with Crippen LogP contribution in [0, 0.1) is 4.77 Å². The van der Waals surface area contributed by atoms with Gasteiger partial charge in [0.2, 0.25) is 11.8 Å². The van der Waals surface area contributed by atoms with Crippen LogP contribution in [0.15, 0.2) is 28.8 Å². The highest BCUT2D eigenvalue weighted by molar-refractivity contribution is 7.71. The number of methoxy groups -OCH3 is 1. The number of aromatic hydroxyl groups is 1. The second-order valence-corrected chi connectivity index (χ2v) is 5.49. The lowest BCUT2D eigenvalue weighted by atomic mass is 10.1. The Kier molecular flexibility index (Phi) is 3.90. The Labute approximate surface area is 141 Å². The molecule has 0 saturated heterocycles. The number of nitrogens with one attached hydrogen (secondary N) is 1. The standard InChI is InChI=1S/C16H13N3O4S/c1-8(20)19-13(15(22)18-16(19)24)6-10-5-9-3-4-11(23-2)7-12(9)17-14(10)21/h3-7,22H,1-2H3,(H,18,24). The molecule has 2 N–H and O–H groups in total. The topological polar surface area (TPSA) is 96.7 Å². The normalized spacial score (nSPS) is 14.8. The molecule has 0 unspecified atom stereocenters. The van der Waals surface area contributed by atoms with Gasteiger partial charge in [0.25, 0.3) is 5.91 Å². The maximum absolute atomic E-state index is 12.2. The highest BCUT2D eigenvalue weighted by atomic mass is 32.1. The van der Waals surface area contributed by atoms with Gasteiger partial charge in [-0.2, -0.15) is 0 Å². The number of benzene rings is 1. The average Bonchev–Trinajstić information content (AvgIpc) is 2.81. The van der Waals surface area contributed by atoms with E-state index in [1.54, 1.807) is 24.3 Å². The number of aromatic nitrogens is 2. The van der Waals surface area contributed by atoms with Gasteiger partial charge < -0.3 is 14.8 Å². The molecular formula is C16H13N3O4S. The van der Waals surface area contributed by atoms with E-state index in [9.17, 15) is 14.7 Å². The lowest BCUT2D eigenvalue weighted by Gasteiger charge is -2.06. The van der Waals surface area contributed by atoms with Crippen LogP contribution in [0.2, 0.25) is 0 Å². The summed E-state index contributed by atoms with van der Waals surface area (Å²) in [6.07, 6.45) is 3.01. The van der Waals surface area contributed by atoms with Crippen LogP contribution in [-0.4, -0.2) is 33.6 Å². The van der Waals surface area contributed by atoms with E-state index in [1.165, 1.54) is 20.1 Å². The van der Waals surface area contributed by atoms with Crippen molar-refractivity contribution in [2.75, 3.05) is 7.11 Å². The van der Waals surface area contributed by atoms with Gasteiger partial charge in [-0.25, -0.2) is 4.99 Å². The number of carbonyl (C=O) groups is 2. The van der Waals surface area contributed by atoms with Gasteiger partial charge in [0.05, 0.1) is 12.5 Å². The highest BCUT2D eigenvalue weighted by Crippen LogP contribution is 2.21. The molecule has 2 heterocycles. The van der Waals surface area contributed by atoms with E-state index in [0.717, 1.165) is 9.79 Å². The summed E-state index contributed by atoms with van der Waals surface area (Å²) < 4.78 is 6.28. The first kappa shape index (κ1) is 15.9. The van der Waals surface area contributed by atoms with Crippen molar-refractivity contribution >= 4 is 36.2 Å². The van der Waals surface area contributed by atoms with Gasteiger partial charge in [0.15, 0.2) is 4.77 Å². The minimum atomic E-state index is -0.489. The fourth-order valence-electron chi connectivity index (χ4n) is 2.41. The van der Waals surface area contributed by atoms with Crippen molar-refractivity contribution in [2.24, 2.45) is 4.99 Å². The first-order chi connectivity index (χ1) is 11.4. The zero-order valence-corrected chi connectivity index (χ0v) is 13.7. The number of H-pyrrole nitrogens is 1. The van der Waals surface area contributed by atoms with Crippen LogP contribution in [0.4, 0.5) is 0 Å². The molecular weight excluding hydrogens is 330 g/mol. The van der Waals surface area contributed by atoms with Gasteiger partial charge in [-0.05, 0) is 36.5 Å². The number of imidazole rings is 1. The molecule has 0 spiro atoms. The van der Waals surface area contributed by atoms with Crippen molar-refractivity contribution in [3.05, 3.63) is 44.8 Å². The molecule has 8 heteroatoms. The molecule has 0 aliphatic carbocycles. The van der Waals surface area contributed by atoms with E-state index >= 15 is 0 Å². The first-order valence-electron chi connectivity index (χ1n) is 6.96.